The zero-order valence-electron chi connectivity index (χ0n) is 12.8. The number of amides is 1. The largest absolute Gasteiger partial charge is 0.325 e. The number of rotatable bonds is 4. The number of carbonyl (C=O) groups excluding carboxylic acids is 2. The molecule has 1 aromatic heterocycles. The molecule has 0 radical (unpaired) electrons. The van der Waals surface area contributed by atoms with Gasteiger partial charge < -0.3 is 4.90 Å². The highest BCUT2D eigenvalue weighted by molar-refractivity contribution is 7.92. The fraction of sp³-hybridized carbons (Fsp3) is 0.562. The number of carbonyl (C=O) groups is 2. The van der Waals surface area contributed by atoms with Gasteiger partial charge in [0.05, 0.1) is 11.3 Å². The zero-order valence-corrected chi connectivity index (χ0v) is 13.6. The lowest BCUT2D eigenvalue weighted by Crippen LogP contribution is -2.42. The Hall–Kier alpha value is -1.76. The minimum absolute atomic E-state index is 0.00886. The van der Waals surface area contributed by atoms with Crippen LogP contribution in [-0.4, -0.2) is 47.3 Å². The Morgan fingerprint density at radius 1 is 1.26 bits per heavy atom. The predicted molar refractivity (Wildman–Crippen MR) is 81.6 cm³/mol. The van der Waals surface area contributed by atoms with Crippen LogP contribution in [0.2, 0.25) is 0 Å². The average molecular weight is 334 g/mol. The second-order valence-corrected chi connectivity index (χ2v) is 8.94. The lowest BCUT2D eigenvalue weighted by atomic mass is 10.1. The molecule has 3 fully saturated rings. The van der Waals surface area contributed by atoms with Crippen LogP contribution in [0, 0.1) is 5.92 Å². The zero-order chi connectivity index (χ0) is 16.4. The number of Topliss-reactive ketones (excluding diaryl/α,β-unsaturated/α-hetero) is 1. The number of sulfone groups is 1. The van der Waals surface area contributed by atoms with E-state index in [4.69, 9.17) is 0 Å². The Labute approximate surface area is 134 Å². The molecule has 2 heterocycles. The van der Waals surface area contributed by atoms with Crippen molar-refractivity contribution in [2.75, 3.05) is 0 Å². The molecule has 2 aliphatic carbocycles. The molecule has 2 saturated carbocycles. The monoisotopic (exact) mass is 334 g/mol. The van der Waals surface area contributed by atoms with Gasteiger partial charge in [-0.1, -0.05) is 0 Å². The number of ketones is 1. The van der Waals surface area contributed by atoms with Gasteiger partial charge in [0, 0.05) is 17.8 Å². The highest BCUT2D eigenvalue weighted by Gasteiger charge is 2.55. The van der Waals surface area contributed by atoms with Crippen molar-refractivity contribution in [2.24, 2.45) is 5.92 Å². The van der Waals surface area contributed by atoms with E-state index in [2.05, 4.69) is 4.98 Å². The van der Waals surface area contributed by atoms with E-state index in [1.807, 2.05) is 0 Å². The van der Waals surface area contributed by atoms with Crippen LogP contribution in [0.1, 0.15) is 43.0 Å². The maximum absolute atomic E-state index is 12.8. The normalized spacial score (nSPS) is 29.3. The summed E-state index contributed by atoms with van der Waals surface area (Å²) in [7, 11) is -3.43. The third-order valence-electron chi connectivity index (χ3n) is 5.04. The average Bonchev–Trinajstić information content (AvgIpc) is 3.44. The second kappa shape index (κ2) is 4.87. The van der Waals surface area contributed by atoms with Gasteiger partial charge in [0.15, 0.2) is 20.6 Å². The minimum atomic E-state index is -3.43. The number of nitrogens with zero attached hydrogens (tertiary/aromatic N) is 2. The summed E-state index contributed by atoms with van der Waals surface area (Å²) in [4.78, 5) is 30.2. The molecule has 0 spiro atoms. The van der Waals surface area contributed by atoms with Gasteiger partial charge in [-0.05, 0) is 50.7 Å². The quantitative estimate of drug-likeness (QED) is 0.826. The molecule has 1 aliphatic heterocycles. The Kier molecular flexibility index (Phi) is 3.13. The van der Waals surface area contributed by atoms with Crippen molar-refractivity contribution in [3.05, 3.63) is 23.9 Å². The van der Waals surface area contributed by atoms with Gasteiger partial charge in [-0.15, -0.1) is 0 Å². The highest BCUT2D eigenvalue weighted by Crippen LogP contribution is 2.48. The van der Waals surface area contributed by atoms with E-state index in [1.165, 1.54) is 25.3 Å². The summed E-state index contributed by atoms with van der Waals surface area (Å²) < 4.78 is 24.6. The van der Waals surface area contributed by atoms with Gasteiger partial charge in [0.25, 0.3) is 5.91 Å². The van der Waals surface area contributed by atoms with Gasteiger partial charge in [-0.2, -0.15) is 0 Å². The van der Waals surface area contributed by atoms with E-state index < -0.39 is 9.84 Å². The summed E-state index contributed by atoms with van der Waals surface area (Å²) in [6.45, 7) is 1.51. The Morgan fingerprint density at radius 3 is 2.65 bits per heavy atom. The number of aromatic nitrogens is 1. The van der Waals surface area contributed by atoms with E-state index in [0.29, 0.717) is 24.3 Å². The highest BCUT2D eigenvalue weighted by atomic mass is 32.2. The maximum Gasteiger partial charge on any atom is 0.254 e. The van der Waals surface area contributed by atoms with Crippen molar-refractivity contribution in [3.63, 3.8) is 0 Å². The van der Waals surface area contributed by atoms with Crippen LogP contribution in [0.4, 0.5) is 0 Å². The Bertz CT molecular complexity index is 800. The molecule has 3 atom stereocenters. The number of piperidine rings is 1. The van der Waals surface area contributed by atoms with Gasteiger partial charge >= 0.3 is 0 Å². The molecule has 0 bridgehead atoms. The summed E-state index contributed by atoms with van der Waals surface area (Å²) in [6, 6.07) is 2.65. The minimum Gasteiger partial charge on any atom is -0.325 e. The van der Waals surface area contributed by atoms with Crippen LogP contribution < -0.4 is 0 Å². The number of fused-ring (bicyclic) bond motifs is 1. The molecule has 1 saturated heterocycles. The second-order valence-electron chi connectivity index (χ2n) is 6.76. The first kappa shape index (κ1) is 14.8. The summed E-state index contributed by atoms with van der Waals surface area (Å²) >= 11 is 0. The van der Waals surface area contributed by atoms with Crippen LogP contribution in [0.15, 0.2) is 23.4 Å². The lowest BCUT2D eigenvalue weighted by molar-refractivity contribution is -0.121. The molecule has 122 valence electrons. The number of hydrogen-bond acceptors (Lipinski definition) is 5. The molecular formula is C16H18N2O4S. The van der Waals surface area contributed by atoms with Crippen molar-refractivity contribution in [3.8, 4) is 0 Å². The summed E-state index contributed by atoms with van der Waals surface area (Å²) in [5.74, 6) is 0.152. The first-order valence-corrected chi connectivity index (χ1v) is 9.47. The molecule has 0 unspecified atom stereocenters. The number of hydrogen-bond donors (Lipinski definition) is 0. The summed E-state index contributed by atoms with van der Waals surface area (Å²) in [5, 5.41) is -0.387. The van der Waals surface area contributed by atoms with E-state index >= 15 is 0 Å². The van der Waals surface area contributed by atoms with E-state index in [1.54, 1.807) is 4.90 Å². The molecule has 3 aliphatic rings. The van der Waals surface area contributed by atoms with Crippen LogP contribution in [0.3, 0.4) is 0 Å². The van der Waals surface area contributed by atoms with Crippen molar-refractivity contribution >= 4 is 21.5 Å². The standard InChI is InChI=1S/C16H18N2O4S/c1-9(19)13-6-11-7-14(11)18(13)16(20)10-4-5-17-15(8-10)23(21,22)12-2-3-12/h4-5,8,11-14H,2-3,6-7H2,1H3/t11-,13+,14+/m0/s1. The van der Waals surface area contributed by atoms with E-state index in [9.17, 15) is 18.0 Å². The smallest absolute Gasteiger partial charge is 0.254 e. The third-order valence-corrected chi connectivity index (χ3v) is 7.20. The molecule has 1 amide bonds. The molecule has 1 aromatic rings. The van der Waals surface area contributed by atoms with Crippen LogP contribution >= 0.6 is 0 Å². The van der Waals surface area contributed by atoms with Crippen molar-refractivity contribution in [1.29, 1.82) is 0 Å². The van der Waals surface area contributed by atoms with Crippen LogP contribution in [0.5, 0.6) is 0 Å². The van der Waals surface area contributed by atoms with Crippen molar-refractivity contribution in [2.45, 2.75) is 55.0 Å². The first-order valence-electron chi connectivity index (χ1n) is 7.92. The Balaban J connectivity index is 1.65. The lowest BCUT2D eigenvalue weighted by Gasteiger charge is -2.25. The molecule has 4 rings (SSSR count). The molecule has 6 nitrogen and oxygen atoms in total. The van der Waals surface area contributed by atoms with Gasteiger partial charge in [-0.3, -0.25) is 9.59 Å². The number of likely N-dealkylation sites (tertiary alicyclic amines) is 1. The number of pyridine rings is 1. The molecule has 7 heteroatoms. The van der Waals surface area contributed by atoms with Gasteiger partial charge in [0.2, 0.25) is 0 Å². The molecule has 23 heavy (non-hydrogen) atoms. The topological polar surface area (TPSA) is 84.4 Å². The van der Waals surface area contributed by atoms with E-state index in [0.717, 1.165) is 12.8 Å². The van der Waals surface area contributed by atoms with Crippen LogP contribution in [0.25, 0.3) is 0 Å². The third kappa shape index (κ3) is 2.38. The predicted octanol–water partition coefficient (Wildman–Crippen LogP) is 1.21. The Morgan fingerprint density at radius 2 is 2.00 bits per heavy atom. The molecule has 0 N–H and O–H groups in total. The SMILES string of the molecule is CC(=O)[C@H]1C[C@H]2C[C@H]2N1C(=O)c1ccnc(S(=O)(=O)C2CC2)c1. The first-order chi connectivity index (χ1) is 10.9. The van der Waals surface area contributed by atoms with Crippen LogP contribution in [-0.2, 0) is 14.6 Å². The fourth-order valence-corrected chi connectivity index (χ4v) is 5.10. The fourth-order valence-electron chi connectivity index (χ4n) is 3.51. The van der Waals surface area contributed by atoms with Gasteiger partial charge in [0.1, 0.15) is 0 Å². The maximum atomic E-state index is 12.8. The molecular weight excluding hydrogens is 316 g/mol. The van der Waals surface area contributed by atoms with E-state index in [-0.39, 0.29) is 34.1 Å². The van der Waals surface area contributed by atoms with Gasteiger partial charge in [-0.25, -0.2) is 13.4 Å². The summed E-state index contributed by atoms with van der Waals surface area (Å²) in [6.07, 6.45) is 4.35. The van der Waals surface area contributed by atoms with Crippen molar-refractivity contribution < 1.29 is 18.0 Å². The summed E-state index contributed by atoms with van der Waals surface area (Å²) in [5.41, 5.74) is 0.304. The molecule has 0 aromatic carbocycles. The van der Waals surface area contributed by atoms with Crippen molar-refractivity contribution in [1.82, 2.24) is 9.88 Å².